The van der Waals surface area contributed by atoms with E-state index in [-0.39, 0.29) is 11.9 Å². The molecule has 6 nitrogen and oxygen atoms in total. The van der Waals surface area contributed by atoms with E-state index in [1.165, 1.54) is 24.8 Å². The Hall–Kier alpha value is -3.22. The Morgan fingerprint density at radius 1 is 1.10 bits per heavy atom. The second-order valence-corrected chi connectivity index (χ2v) is 9.28. The molecule has 0 amide bonds. The highest BCUT2D eigenvalue weighted by atomic mass is 19.1. The number of aromatic nitrogens is 4. The molecule has 0 saturated heterocycles. The first kappa shape index (κ1) is 17.5. The zero-order valence-corrected chi connectivity index (χ0v) is 17.1. The van der Waals surface area contributed by atoms with Gasteiger partial charge in [-0.3, -0.25) is 5.10 Å². The number of anilines is 1. The van der Waals surface area contributed by atoms with Crippen molar-refractivity contribution in [1.82, 2.24) is 20.4 Å². The van der Waals surface area contributed by atoms with E-state index < -0.39 is 0 Å². The molecule has 156 valence electrons. The summed E-state index contributed by atoms with van der Waals surface area (Å²) in [4.78, 5) is 0. The molecule has 31 heavy (non-hydrogen) atoms. The van der Waals surface area contributed by atoms with Crippen LogP contribution in [-0.2, 0) is 0 Å². The highest BCUT2D eigenvalue weighted by molar-refractivity contribution is 5.89. The molecule has 0 radical (unpaired) electrons. The minimum atomic E-state index is -0.198. The lowest BCUT2D eigenvalue weighted by atomic mass is 9.67. The van der Waals surface area contributed by atoms with Crippen molar-refractivity contribution >= 4 is 16.6 Å². The standard InChI is InChI=1S/C24H22FN5O/c1-11-28-30-24(31-11)13-4-2-12(3-5-13)22-20-15-7-6-14(8-15)19(20)21-16-10-26-29-18(16)9-17(25)23(21)27-22/h2-5,9-10,14-15,19-20,22,27H,6-8H2,1H3,(H,26,29). The van der Waals surface area contributed by atoms with Gasteiger partial charge in [0.1, 0.15) is 5.82 Å². The maximum atomic E-state index is 15.2. The molecule has 2 bridgehead atoms. The first-order valence-corrected chi connectivity index (χ1v) is 11.0. The molecule has 7 rings (SSSR count). The van der Waals surface area contributed by atoms with Crippen LogP contribution in [0.3, 0.4) is 0 Å². The number of fused-ring (bicyclic) bond motifs is 9. The van der Waals surface area contributed by atoms with Gasteiger partial charge in [-0.15, -0.1) is 10.2 Å². The van der Waals surface area contributed by atoms with E-state index in [0.29, 0.717) is 41.1 Å². The lowest BCUT2D eigenvalue weighted by molar-refractivity contribution is 0.247. The van der Waals surface area contributed by atoms with E-state index in [2.05, 4.69) is 37.8 Å². The molecule has 3 aliphatic rings. The smallest absolute Gasteiger partial charge is 0.247 e. The van der Waals surface area contributed by atoms with Gasteiger partial charge >= 0.3 is 0 Å². The third-order valence-electron chi connectivity index (χ3n) is 7.78. The van der Waals surface area contributed by atoms with Crippen LogP contribution in [0.1, 0.15) is 48.2 Å². The van der Waals surface area contributed by atoms with E-state index in [4.69, 9.17) is 4.42 Å². The van der Waals surface area contributed by atoms with Crippen molar-refractivity contribution in [3.8, 4) is 11.5 Å². The molecule has 0 spiro atoms. The number of H-pyrrole nitrogens is 1. The minimum absolute atomic E-state index is 0.0881. The molecular weight excluding hydrogens is 393 g/mol. The zero-order chi connectivity index (χ0) is 20.7. The minimum Gasteiger partial charge on any atom is -0.421 e. The number of halogens is 1. The lowest BCUT2D eigenvalue weighted by Crippen LogP contribution is -2.36. The Kier molecular flexibility index (Phi) is 3.47. The number of aromatic amines is 1. The van der Waals surface area contributed by atoms with Crippen LogP contribution < -0.4 is 5.32 Å². The van der Waals surface area contributed by atoms with Gasteiger partial charge in [0.2, 0.25) is 11.8 Å². The Labute approximate surface area is 178 Å². The molecule has 2 aromatic carbocycles. The van der Waals surface area contributed by atoms with E-state index >= 15 is 4.39 Å². The number of benzene rings is 2. The summed E-state index contributed by atoms with van der Waals surface area (Å²) in [6, 6.07) is 9.95. The van der Waals surface area contributed by atoms with Gasteiger partial charge in [0.25, 0.3) is 0 Å². The number of nitrogens with one attached hydrogen (secondary N) is 2. The fourth-order valence-corrected chi connectivity index (χ4v) is 6.62. The number of hydrogen-bond donors (Lipinski definition) is 2. The molecule has 3 heterocycles. The molecule has 1 aliphatic heterocycles. The molecule has 4 aromatic rings. The summed E-state index contributed by atoms with van der Waals surface area (Å²) < 4.78 is 20.8. The summed E-state index contributed by atoms with van der Waals surface area (Å²) in [7, 11) is 0. The monoisotopic (exact) mass is 415 g/mol. The van der Waals surface area contributed by atoms with Crippen molar-refractivity contribution < 1.29 is 8.81 Å². The maximum absolute atomic E-state index is 15.2. The Morgan fingerprint density at radius 3 is 2.74 bits per heavy atom. The quantitative estimate of drug-likeness (QED) is 0.461. The fourth-order valence-electron chi connectivity index (χ4n) is 6.62. The van der Waals surface area contributed by atoms with Crippen LogP contribution in [0.15, 0.2) is 40.9 Å². The predicted octanol–water partition coefficient (Wildman–Crippen LogP) is 5.36. The number of hydrogen-bond acceptors (Lipinski definition) is 5. The summed E-state index contributed by atoms with van der Waals surface area (Å²) in [5.41, 5.74) is 4.66. The molecule has 2 aliphatic carbocycles. The van der Waals surface area contributed by atoms with E-state index in [1.807, 2.05) is 18.3 Å². The molecule has 7 heteroatoms. The van der Waals surface area contributed by atoms with Crippen LogP contribution in [0, 0.1) is 30.5 Å². The predicted molar refractivity (Wildman–Crippen MR) is 114 cm³/mol. The third kappa shape index (κ3) is 2.40. The molecule has 2 saturated carbocycles. The maximum Gasteiger partial charge on any atom is 0.247 e. The average Bonchev–Trinajstić information content (AvgIpc) is 3.57. The normalized spacial score (nSPS) is 28.5. The molecule has 2 fully saturated rings. The average molecular weight is 415 g/mol. The van der Waals surface area contributed by atoms with Gasteiger partial charge in [-0.05, 0) is 66.2 Å². The van der Waals surface area contributed by atoms with E-state index in [1.54, 1.807) is 13.0 Å². The van der Waals surface area contributed by atoms with Crippen LogP contribution >= 0.6 is 0 Å². The van der Waals surface area contributed by atoms with Gasteiger partial charge in [-0.25, -0.2) is 4.39 Å². The lowest BCUT2D eigenvalue weighted by Gasteiger charge is -2.43. The Bertz CT molecular complexity index is 1310. The van der Waals surface area contributed by atoms with Crippen molar-refractivity contribution in [2.75, 3.05) is 5.32 Å². The first-order valence-electron chi connectivity index (χ1n) is 11.0. The zero-order valence-electron chi connectivity index (χ0n) is 17.1. The largest absolute Gasteiger partial charge is 0.421 e. The van der Waals surface area contributed by atoms with Gasteiger partial charge in [0.05, 0.1) is 23.4 Å². The SMILES string of the molecule is Cc1nnc(-c2ccc(C3Nc4c(F)cc5[nH]ncc5c4C4C5CCC(C5)C34)cc2)o1. The van der Waals surface area contributed by atoms with Crippen LogP contribution in [0.25, 0.3) is 22.4 Å². The highest BCUT2D eigenvalue weighted by Gasteiger charge is 2.54. The van der Waals surface area contributed by atoms with E-state index in [0.717, 1.165) is 22.0 Å². The molecule has 2 aromatic heterocycles. The van der Waals surface area contributed by atoms with Crippen LogP contribution in [0.4, 0.5) is 10.1 Å². The van der Waals surface area contributed by atoms with Crippen molar-refractivity contribution in [1.29, 1.82) is 0 Å². The summed E-state index contributed by atoms with van der Waals surface area (Å²) >= 11 is 0. The van der Waals surface area contributed by atoms with Gasteiger partial charge in [-0.1, -0.05) is 12.1 Å². The number of nitrogens with zero attached hydrogens (tertiary/aromatic N) is 3. The third-order valence-corrected chi connectivity index (χ3v) is 7.78. The van der Waals surface area contributed by atoms with Crippen LogP contribution in [0.2, 0.25) is 0 Å². The van der Waals surface area contributed by atoms with Crippen molar-refractivity contribution in [2.45, 2.75) is 38.1 Å². The number of rotatable bonds is 2. The second-order valence-electron chi connectivity index (χ2n) is 9.28. The van der Waals surface area contributed by atoms with Crippen molar-refractivity contribution in [2.24, 2.45) is 17.8 Å². The van der Waals surface area contributed by atoms with Gasteiger partial charge in [0.15, 0.2) is 0 Å². The molecular formula is C24H22FN5O. The summed E-state index contributed by atoms with van der Waals surface area (Å²) in [5.74, 6) is 3.00. The summed E-state index contributed by atoms with van der Waals surface area (Å²) in [6.45, 7) is 1.79. The summed E-state index contributed by atoms with van der Waals surface area (Å²) in [5, 5.41) is 19.9. The van der Waals surface area contributed by atoms with Gasteiger partial charge < -0.3 is 9.73 Å². The van der Waals surface area contributed by atoms with Crippen molar-refractivity contribution in [3.05, 3.63) is 59.4 Å². The second kappa shape index (κ2) is 6.15. The van der Waals surface area contributed by atoms with Crippen molar-refractivity contribution in [3.63, 3.8) is 0 Å². The van der Waals surface area contributed by atoms with Gasteiger partial charge in [0, 0.05) is 23.9 Å². The topological polar surface area (TPSA) is 79.6 Å². The molecule has 5 unspecified atom stereocenters. The Morgan fingerprint density at radius 2 is 1.94 bits per heavy atom. The highest BCUT2D eigenvalue weighted by Crippen LogP contribution is 2.64. The molecule has 5 atom stereocenters. The molecule has 2 N–H and O–H groups in total. The van der Waals surface area contributed by atoms with Crippen LogP contribution in [-0.4, -0.2) is 20.4 Å². The first-order chi connectivity index (χ1) is 15.2. The van der Waals surface area contributed by atoms with Crippen LogP contribution in [0.5, 0.6) is 0 Å². The Balaban J connectivity index is 1.35. The van der Waals surface area contributed by atoms with Gasteiger partial charge in [-0.2, -0.15) is 5.10 Å². The summed E-state index contributed by atoms with van der Waals surface area (Å²) in [6.07, 6.45) is 5.61. The number of aryl methyl sites for hydroxylation is 1. The fraction of sp³-hybridized carbons (Fsp3) is 0.375. The van der Waals surface area contributed by atoms with E-state index in [9.17, 15) is 0 Å².